The smallest absolute Gasteiger partial charge is 0.227 e. The molecule has 1 amide bonds. The third-order valence-electron chi connectivity index (χ3n) is 2.80. The van der Waals surface area contributed by atoms with Gasteiger partial charge >= 0.3 is 0 Å². The van der Waals surface area contributed by atoms with Gasteiger partial charge in [0.15, 0.2) is 5.58 Å². The number of hydrogen-bond acceptors (Lipinski definition) is 3. The Morgan fingerprint density at radius 2 is 1.95 bits per heavy atom. The van der Waals surface area contributed by atoms with Gasteiger partial charge in [-0.3, -0.25) is 4.79 Å². The molecule has 100 valence electrons. The van der Waals surface area contributed by atoms with Gasteiger partial charge < -0.3 is 9.73 Å². The number of nitrogens with zero attached hydrogens (tertiary/aromatic N) is 1. The van der Waals surface area contributed by atoms with E-state index in [1.54, 1.807) is 0 Å². The maximum absolute atomic E-state index is 11.0. The lowest BCUT2D eigenvalue weighted by Crippen LogP contribution is -2.05. The number of nitrogens with one attached hydrogen (secondary N) is 1. The second-order valence-corrected chi connectivity index (χ2v) is 5.31. The Morgan fingerprint density at radius 1 is 1.20 bits per heavy atom. The molecule has 1 N–H and O–H groups in total. The fourth-order valence-corrected chi connectivity index (χ4v) is 2.27. The molecular formula is C15H11BrN2O2. The highest BCUT2D eigenvalue weighted by Gasteiger charge is 2.08. The molecule has 0 atom stereocenters. The topological polar surface area (TPSA) is 55.1 Å². The standard InChI is InChI=1S/C15H11BrN2O2/c1-9(19)17-12-5-2-10(3-6-12)15-18-13-8-11(16)4-7-14(13)20-15/h2-8H,1H3,(H,17,19). The molecule has 0 radical (unpaired) electrons. The van der Waals surface area contributed by atoms with E-state index >= 15 is 0 Å². The lowest BCUT2D eigenvalue weighted by Gasteiger charge is -2.01. The van der Waals surface area contributed by atoms with Crippen molar-refractivity contribution in [3.63, 3.8) is 0 Å². The molecule has 0 aliphatic rings. The van der Waals surface area contributed by atoms with Crippen LogP contribution in [0.1, 0.15) is 6.92 Å². The van der Waals surface area contributed by atoms with Gasteiger partial charge in [0, 0.05) is 22.6 Å². The molecule has 3 rings (SSSR count). The molecule has 0 aliphatic heterocycles. The largest absolute Gasteiger partial charge is 0.436 e. The van der Waals surface area contributed by atoms with Crippen LogP contribution in [0.25, 0.3) is 22.6 Å². The Morgan fingerprint density at radius 3 is 2.65 bits per heavy atom. The Hall–Kier alpha value is -2.14. The van der Waals surface area contributed by atoms with Crippen molar-refractivity contribution < 1.29 is 9.21 Å². The van der Waals surface area contributed by atoms with Crippen molar-refractivity contribution in [1.82, 2.24) is 4.98 Å². The zero-order valence-electron chi connectivity index (χ0n) is 10.7. The van der Waals surface area contributed by atoms with Crippen molar-refractivity contribution >= 4 is 38.6 Å². The summed E-state index contributed by atoms with van der Waals surface area (Å²) in [5, 5.41) is 2.72. The van der Waals surface area contributed by atoms with Crippen LogP contribution in [0.3, 0.4) is 0 Å². The molecule has 1 heterocycles. The predicted octanol–water partition coefficient (Wildman–Crippen LogP) is 4.22. The Bertz CT molecular complexity index is 778. The number of carbonyl (C=O) groups excluding carboxylic acids is 1. The molecular weight excluding hydrogens is 320 g/mol. The summed E-state index contributed by atoms with van der Waals surface area (Å²) >= 11 is 3.41. The van der Waals surface area contributed by atoms with Crippen LogP contribution in [-0.4, -0.2) is 10.9 Å². The van der Waals surface area contributed by atoms with E-state index in [0.717, 1.165) is 26.8 Å². The van der Waals surface area contributed by atoms with Crippen molar-refractivity contribution in [2.45, 2.75) is 6.92 Å². The number of anilines is 1. The molecule has 2 aromatic carbocycles. The number of aromatic nitrogens is 1. The number of halogens is 1. The van der Waals surface area contributed by atoms with Crippen LogP contribution in [0.15, 0.2) is 51.4 Å². The van der Waals surface area contributed by atoms with Crippen LogP contribution in [0.5, 0.6) is 0 Å². The van der Waals surface area contributed by atoms with E-state index in [1.807, 2.05) is 42.5 Å². The van der Waals surface area contributed by atoms with E-state index in [2.05, 4.69) is 26.2 Å². The van der Waals surface area contributed by atoms with Crippen LogP contribution < -0.4 is 5.32 Å². The van der Waals surface area contributed by atoms with Crippen LogP contribution in [0.2, 0.25) is 0 Å². The zero-order chi connectivity index (χ0) is 14.1. The van der Waals surface area contributed by atoms with Gasteiger partial charge in [-0.15, -0.1) is 0 Å². The van der Waals surface area contributed by atoms with Crippen molar-refractivity contribution in [2.24, 2.45) is 0 Å². The quantitative estimate of drug-likeness (QED) is 0.765. The van der Waals surface area contributed by atoms with E-state index in [1.165, 1.54) is 6.92 Å². The molecule has 0 saturated carbocycles. The number of carbonyl (C=O) groups is 1. The first kappa shape index (κ1) is 12.9. The summed E-state index contributed by atoms with van der Waals surface area (Å²) in [5.74, 6) is 0.469. The van der Waals surface area contributed by atoms with E-state index in [9.17, 15) is 4.79 Å². The summed E-state index contributed by atoms with van der Waals surface area (Å²) in [6.45, 7) is 1.48. The molecule has 0 fully saturated rings. The molecule has 0 unspecified atom stereocenters. The number of rotatable bonds is 2. The molecule has 0 saturated heterocycles. The molecule has 3 aromatic rings. The Labute approximate surface area is 123 Å². The highest BCUT2D eigenvalue weighted by atomic mass is 79.9. The van der Waals surface area contributed by atoms with Gasteiger partial charge in [0.25, 0.3) is 0 Å². The van der Waals surface area contributed by atoms with Crippen molar-refractivity contribution in [2.75, 3.05) is 5.32 Å². The van der Waals surface area contributed by atoms with Crippen molar-refractivity contribution in [3.05, 3.63) is 46.9 Å². The van der Waals surface area contributed by atoms with Gasteiger partial charge in [-0.05, 0) is 42.5 Å². The van der Waals surface area contributed by atoms with Gasteiger partial charge in [-0.25, -0.2) is 4.98 Å². The molecule has 0 aliphatic carbocycles. The van der Waals surface area contributed by atoms with Crippen molar-refractivity contribution in [3.8, 4) is 11.5 Å². The van der Waals surface area contributed by atoms with Gasteiger partial charge in [-0.2, -0.15) is 0 Å². The minimum Gasteiger partial charge on any atom is -0.436 e. The summed E-state index contributed by atoms with van der Waals surface area (Å²) in [4.78, 5) is 15.4. The Balaban J connectivity index is 1.96. The zero-order valence-corrected chi connectivity index (χ0v) is 12.3. The summed E-state index contributed by atoms with van der Waals surface area (Å²) in [6, 6.07) is 13.1. The summed E-state index contributed by atoms with van der Waals surface area (Å²) < 4.78 is 6.67. The van der Waals surface area contributed by atoms with Gasteiger partial charge in [0.1, 0.15) is 5.52 Å². The molecule has 20 heavy (non-hydrogen) atoms. The molecule has 0 bridgehead atoms. The van der Waals surface area contributed by atoms with E-state index in [4.69, 9.17) is 4.42 Å². The summed E-state index contributed by atoms with van der Waals surface area (Å²) in [6.07, 6.45) is 0. The SMILES string of the molecule is CC(=O)Nc1ccc(-c2nc3cc(Br)ccc3o2)cc1. The van der Waals surface area contributed by atoms with Crippen LogP contribution in [0, 0.1) is 0 Å². The van der Waals surface area contributed by atoms with E-state index in [0.29, 0.717) is 5.89 Å². The molecule has 1 aromatic heterocycles. The summed E-state index contributed by atoms with van der Waals surface area (Å²) in [7, 11) is 0. The minimum absolute atomic E-state index is 0.0931. The summed E-state index contributed by atoms with van der Waals surface area (Å²) in [5.41, 5.74) is 3.17. The first-order valence-corrected chi connectivity index (χ1v) is 6.85. The van der Waals surface area contributed by atoms with Crippen LogP contribution in [-0.2, 0) is 4.79 Å². The molecule has 4 nitrogen and oxygen atoms in total. The van der Waals surface area contributed by atoms with Gasteiger partial charge in [-0.1, -0.05) is 15.9 Å². The number of hydrogen-bond donors (Lipinski definition) is 1. The third kappa shape index (κ3) is 2.58. The highest BCUT2D eigenvalue weighted by Crippen LogP contribution is 2.27. The second kappa shape index (κ2) is 5.09. The second-order valence-electron chi connectivity index (χ2n) is 4.39. The number of fused-ring (bicyclic) bond motifs is 1. The number of oxazole rings is 1. The fraction of sp³-hybridized carbons (Fsp3) is 0.0667. The van der Waals surface area contributed by atoms with Gasteiger partial charge in [0.05, 0.1) is 0 Å². The van der Waals surface area contributed by atoms with Gasteiger partial charge in [0.2, 0.25) is 11.8 Å². The monoisotopic (exact) mass is 330 g/mol. The first-order chi connectivity index (χ1) is 9.61. The van der Waals surface area contributed by atoms with Crippen LogP contribution in [0.4, 0.5) is 5.69 Å². The highest BCUT2D eigenvalue weighted by molar-refractivity contribution is 9.10. The lowest BCUT2D eigenvalue weighted by atomic mass is 10.2. The maximum Gasteiger partial charge on any atom is 0.227 e. The molecule has 0 spiro atoms. The number of amides is 1. The first-order valence-electron chi connectivity index (χ1n) is 6.06. The molecule has 5 heteroatoms. The Kier molecular flexibility index (Phi) is 3.28. The van der Waals surface area contributed by atoms with E-state index < -0.39 is 0 Å². The minimum atomic E-state index is -0.0931. The van der Waals surface area contributed by atoms with Crippen molar-refractivity contribution in [1.29, 1.82) is 0 Å². The van der Waals surface area contributed by atoms with Crippen LogP contribution >= 0.6 is 15.9 Å². The normalized spacial score (nSPS) is 10.7. The number of benzene rings is 2. The third-order valence-corrected chi connectivity index (χ3v) is 3.30. The lowest BCUT2D eigenvalue weighted by molar-refractivity contribution is -0.114. The van der Waals surface area contributed by atoms with E-state index in [-0.39, 0.29) is 5.91 Å². The average Bonchev–Trinajstić information content (AvgIpc) is 2.81. The maximum atomic E-state index is 11.0. The predicted molar refractivity (Wildman–Crippen MR) is 81.4 cm³/mol. The fourth-order valence-electron chi connectivity index (χ4n) is 1.92. The average molecular weight is 331 g/mol.